The van der Waals surface area contributed by atoms with Crippen LogP contribution in [-0.4, -0.2) is 11.5 Å². The second-order valence-corrected chi connectivity index (χ2v) is 5.38. The molecule has 1 aromatic carbocycles. The molecule has 0 fully saturated rings. The number of rotatable bonds is 3. The van der Waals surface area contributed by atoms with Gasteiger partial charge in [-0.15, -0.1) is 0 Å². The monoisotopic (exact) mass is 235 g/mol. The first-order chi connectivity index (χ1) is 7.78. The van der Waals surface area contributed by atoms with Gasteiger partial charge in [0.05, 0.1) is 0 Å². The Morgan fingerprint density at radius 3 is 2.12 bits per heavy atom. The summed E-state index contributed by atoms with van der Waals surface area (Å²) in [4.78, 5) is 11.5. The second-order valence-electron chi connectivity index (χ2n) is 5.38. The summed E-state index contributed by atoms with van der Waals surface area (Å²) in [5.41, 5.74) is 0.591. The van der Waals surface area contributed by atoms with Gasteiger partial charge in [-0.2, -0.15) is 0 Å². The average molecular weight is 235 g/mol. The van der Waals surface area contributed by atoms with E-state index < -0.39 is 0 Å². The molecule has 0 aromatic heterocycles. The highest BCUT2D eigenvalue weighted by molar-refractivity contribution is 5.92. The Balaban J connectivity index is 2.65. The molecule has 0 saturated heterocycles. The highest BCUT2D eigenvalue weighted by Crippen LogP contribution is 2.20. The molecular weight excluding hydrogens is 214 g/mol. The fourth-order valence-electron chi connectivity index (χ4n) is 1.25. The maximum atomic E-state index is 11.5. The van der Waals surface area contributed by atoms with Crippen molar-refractivity contribution in [3.8, 4) is 5.75 Å². The van der Waals surface area contributed by atoms with Crippen LogP contribution in [0, 0.1) is 5.92 Å². The van der Waals surface area contributed by atoms with Gasteiger partial charge in [-0.3, -0.25) is 4.79 Å². The maximum Gasteiger partial charge on any atom is 0.226 e. The third-order valence-corrected chi connectivity index (χ3v) is 2.07. The number of benzene rings is 1. The number of carbonyl (C=O) groups excluding carboxylic acids is 1. The minimum absolute atomic E-state index is 0.0134. The van der Waals surface area contributed by atoms with E-state index in [2.05, 4.69) is 5.32 Å². The zero-order chi connectivity index (χ0) is 13.1. The Hall–Kier alpha value is -1.51. The number of nitrogens with one attached hydrogen (secondary N) is 1. The smallest absolute Gasteiger partial charge is 0.226 e. The normalized spacial score (nSPS) is 11.4. The molecule has 0 unspecified atom stereocenters. The van der Waals surface area contributed by atoms with Crippen molar-refractivity contribution in [3.05, 3.63) is 24.3 Å². The molecule has 0 heterocycles. The summed E-state index contributed by atoms with van der Waals surface area (Å²) in [6.45, 7) is 9.74. The van der Waals surface area contributed by atoms with Crippen molar-refractivity contribution in [1.82, 2.24) is 0 Å². The van der Waals surface area contributed by atoms with Crippen LogP contribution in [0.4, 0.5) is 5.69 Å². The van der Waals surface area contributed by atoms with E-state index in [1.807, 2.05) is 58.9 Å². The van der Waals surface area contributed by atoms with Crippen LogP contribution in [0.3, 0.4) is 0 Å². The first-order valence-corrected chi connectivity index (χ1v) is 5.88. The minimum atomic E-state index is -0.206. The molecule has 0 spiro atoms. The predicted molar refractivity (Wildman–Crippen MR) is 70.3 cm³/mol. The SMILES string of the molecule is CC(C)C(=O)Nc1ccc(OC(C)(C)C)cc1. The molecule has 0 bridgehead atoms. The van der Waals surface area contributed by atoms with E-state index in [0.29, 0.717) is 0 Å². The number of anilines is 1. The zero-order valence-electron chi connectivity index (χ0n) is 11.2. The van der Waals surface area contributed by atoms with Gasteiger partial charge in [-0.05, 0) is 45.0 Å². The first-order valence-electron chi connectivity index (χ1n) is 5.88. The van der Waals surface area contributed by atoms with Gasteiger partial charge in [0.15, 0.2) is 0 Å². The van der Waals surface area contributed by atoms with Crippen LogP contribution < -0.4 is 10.1 Å². The molecule has 0 radical (unpaired) electrons. The average Bonchev–Trinajstić information content (AvgIpc) is 2.18. The van der Waals surface area contributed by atoms with Crippen LogP contribution in [0.5, 0.6) is 5.75 Å². The fraction of sp³-hybridized carbons (Fsp3) is 0.500. The Bertz CT molecular complexity index is 374. The maximum absolute atomic E-state index is 11.5. The van der Waals surface area contributed by atoms with Crippen LogP contribution in [0.25, 0.3) is 0 Å². The van der Waals surface area contributed by atoms with Gasteiger partial charge < -0.3 is 10.1 Å². The highest BCUT2D eigenvalue weighted by Gasteiger charge is 2.12. The van der Waals surface area contributed by atoms with Crippen molar-refractivity contribution in [2.45, 2.75) is 40.2 Å². The largest absolute Gasteiger partial charge is 0.488 e. The summed E-state index contributed by atoms with van der Waals surface area (Å²) in [5.74, 6) is 0.815. The molecule has 0 aliphatic rings. The van der Waals surface area contributed by atoms with Crippen LogP contribution in [0.1, 0.15) is 34.6 Å². The van der Waals surface area contributed by atoms with Crippen molar-refractivity contribution in [2.24, 2.45) is 5.92 Å². The molecule has 0 aliphatic heterocycles. The number of ether oxygens (including phenoxy) is 1. The molecule has 94 valence electrons. The van der Waals surface area contributed by atoms with Crippen molar-refractivity contribution < 1.29 is 9.53 Å². The van der Waals surface area contributed by atoms with Crippen molar-refractivity contribution in [3.63, 3.8) is 0 Å². The molecule has 1 rings (SSSR count). The van der Waals surface area contributed by atoms with Gasteiger partial charge in [0.2, 0.25) is 5.91 Å². The summed E-state index contributed by atoms with van der Waals surface area (Å²) in [6, 6.07) is 7.42. The quantitative estimate of drug-likeness (QED) is 0.871. The lowest BCUT2D eigenvalue weighted by Gasteiger charge is -2.21. The molecule has 1 aromatic rings. The molecule has 3 nitrogen and oxygen atoms in total. The Morgan fingerprint density at radius 1 is 1.18 bits per heavy atom. The molecule has 0 aliphatic carbocycles. The van der Waals surface area contributed by atoms with Crippen molar-refractivity contribution in [2.75, 3.05) is 5.32 Å². The summed E-state index contributed by atoms with van der Waals surface area (Å²) in [5, 5.41) is 2.84. The third kappa shape index (κ3) is 4.89. The van der Waals surface area contributed by atoms with Gasteiger partial charge in [0, 0.05) is 11.6 Å². The van der Waals surface area contributed by atoms with Gasteiger partial charge in [0.25, 0.3) is 0 Å². The van der Waals surface area contributed by atoms with E-state index in [0.717, 1.165) is 11.4 Å². The van der Waals surface area contributed by atoms with E-state index >= 15 is 0 Å². The molecule has 1 N–H and O–H groups in total. The summed E-state index contributed by atoms with van der Waals surface area (Å²) in [6.07, 6.45) is 0. The number of amides is 1. The third-order valence-electron chi connectivity index (χ3n) is 2.07. The topological polar surface area (TPSA) is 38.3 Å². The lowest BCUT2D eigenvalue weighted by molar-refractivity contribution is -0.118. The van der Waals surface area contributed by atoms with Crippen molar-refractivity contribution >= 4 is 11.6 Å². The van der Waals surface area contributed by atoms with Gasteiger partial charge in [-0.1, -0.05) is 13.8 Å². The minimum Gasteiger partial charge on any atom is -0.488 e. The summed E-state index contributed by atoms with van der Waals surface area (Å²) < 4.78 is 5.70. The second kappa shape index (κ2) is 5.21. The molecule has 17 heavy (non-hydrogen) atoms. The fourth-order valence-corrected chi connectivity index (χ4v) is 1.25. The summed E-state index contributed by atoms with van der Waals surface area (Å²) in [7, 11) is 0. The van der Waals surface area contributed by atoms with E-state index in [-0.39, 0.29) is 17.4 Å². The molecule has 0 saturated carbocycles. The zero-order valence-corrected chi connectivity index (χ0v) is 11.2. The Kier molecular flexibility index (Phi) is 4.16. The van der Waals surface area contributed by atoms with E-state index in [9.17, 15) is 4.79 Å². The standard InChI is InChI=1S/C14H21NO2/c1-10(2)13(16)15-11-6-8-12(9-7-11)17-14(3,4)5/h6-10H,1-5H3,(H,15,16). The molecule has 3 heteroatoms. The Morgan fingerprint density at radius 2 is 1.71 bits per heavy atom. The number of hydrogen-bond donors (Lipinski definition) is 1. The Labute approximate surface area is 103 Å². The lowest BCUT2D eigenvalue weighted by atomic mass is 10.2. The molecule has 1 amide bonds. The van der Waals surface area contributed by atoms with Gasteiger partial charge in [0.1, 0.15) is 11.4 Å². The van der Waals surface area contributed by atoms with Crippen molar-refractivity contribution in [1.29, 1.82) is 0 Å². The lowest BCUT2D eigenvalue weighted by Crippen LogP contribution is -2.23. The van der Waals surface area contributed by atoms with Gasteiger partial charge >= 0.3 is 0 Å². The van der Waals surface area contributed by atoms with E-state index in [1.54, 1.807) is 0 Å². The van der Waals surface area contributed by atoms with Crippen LogP contribution in [-0.2, 0) is 4.79 Å². The van der Waals surface area contributed by atoms with E-state index in [4.69, 9.17) is 4.74 Å². The van der Waals surface area contributed by atoms with Gasteiger partial charge in [-0.25, -0.2) is 0 Å². The first kappa shape index (κ1) is 13.6. The number of carbonyl (C=O) groups is 1. The highest BCUT2D eigenvalue weighted by atomic mass is 16.5. The summed E-state index contributed by atoms with van der Waals surface area (Å²) >= 11 is 0. The number of hydrogen-bond acceptors (Lipinski definition) is 2. The van der Waals surface area contributed by atoms with Crippen LogP contribution >= 0.6 is 0 Å². The van der Waals surface area contributed by atoms with Crippen LogP contribution in [0.2, 0.25) is 0 Å². The van der Waals surface area contributed by atoms with E-state index in [1.165, 1.54) is 0 Å². The molecule has 0 atom stereocenters. The molecular formula is C14H21NO2. The van der Waals surface area contributed by atoms with Crippen LogP contribution in [0.15, 0.2) is 24.3 Å². The predicted octanol–water partition coefficient (Wildman–Crippen LogP) is 3.46.